The second kappa shape index (κ2) is 9.58. The Morgan fingerprint density at radius 2 is 1.53 bits per heavy atom. The molecule has 2 heteroatoms. The van der Waals surface area contributed by atoms with Gasteiger partial charge in [-0.3, -0.25) is 4.90 Å². The molecule has 0 saturated heterocycles. The summed E-state index contributed by atoms with van der Waals surface area (Å²) in [6.45, 7) is 3.30. The van der Waals surface area contributed by atoms with Crippen LogP contribution in [0.15, 0.2) is 109 Å². The topological polar surface area (TPSA) is 3.24 Å². The van der Waals surface area contributed by atoms with Crippen molar-refractivity contribution >= 4 is 22.1 Å². The Labute approximate surface area is 206 Å². The summed E-state index contributed by atoms with van der Waals surface area (Å²) in [6, 6.07) is 40.0. The maximum atomic E-state index is 2.65. The molecule has 0 radical (unpaired) electrons. The summed E-state index contributed by atoms with van der Waals surface area (Å²) >= 11 is 1.96. The van der Waals surface area contributed by atoms with Gasteiger partial charge in [0.2, 0.25) is 0 Å². The van der Waals surface area contributed by atoms with Crippen molar-refractivity contribution in [2.24, 2.45) is 0 Å². The average molecular weight is 460 g/mol. The summed E-state index contributed by atoms with van der Waals surface area (Å²) in [5.41, 5.74) is 5.81. The van der Waals surface area contributed by atoms with Crippen LogP contribution in [0, 0.1) is 0 Å². The quantitative estimate of drug-likeness (QED) is 0.249. The fourth-order valence-electron chi connectivity index (χ4n) is 5.38. The zero-order chi connectivity index (χ0) is 22.7. The number of nitrogens with zero attached hydrogens (tertiary/aromatic N) is 1. The summed E-state index contributed by atoms with van der Waals surface area (Å²) in [5.74, 6) is 0.541. The lowest BCUT2D eigenvalue weighted by atomic mass is 9.87. The lowest BCUT2D eigenvalue weighted by Gasteiger charge is -2.34. The molecule has 0 aliphatic carbocycles. The molecule has 1 unspecified atom stereocenters. The van der Waals surface area contributed by atoms with E-state index in [4.69, 9.17) is 0 Å². The smallest absolute Gasteiger partial charge is 0.0351 e. The number of hydrogen-bond acceptors (Lipinski definition) is 2. The van der Waals surface area contributed by atoms with Crippen molar-refractivity contribution in [3.63, 3.8) is 0 Å². The van der Waals surface area contributed by atoms with E-state index >= 15 is 0 Å². The van der Waals surface area contributed by atoms with Gasteiger partial charge in [0.1, 0.15) is 0 Å². The van der Waals surface area contributed by atoms with Gasteiger partial charge in [-0.1, -0.05) is 97.1 Å². The Hall–Kier alpha value is -3.20. The van der Waals surface area contributed by atoms with Crippen LogP contribution in [0.1, 0.15) is 27.5 Å². The highest BCUT2D eigenvalue weighted by Gasteiger charge is 2.25. The molecule has 0 saturated carbocycles. The van der Waals surface area contributed by atoms with E-state index in [1.165, 1.54) is 37.2 Å². The molecule has 1 aromatic heterocycles. The zero-order valence-electron chi connectivity index (χ0n) is 19.4. The molecule has 34 heavy (non-hydrogen) atoms. The van der Waals surface area contributed by atoms with Crippen LogP contribution in [0.2, 0.25) is 0 Å². The first-order valence-corrected chi connectivity index (χ1v) is 13.1. The molecule has 168 valence electrons. The number of fused-ring (bicyclic) bond motifs is 2. The molecule has 0 amide bonds. The summed E-state index contributed by atoms with van der Waals surface area (Å²) in [7, 11) is 0. The van der Waals surface area contributed by atoms with Crippen molar-refractivity contribution in [2.75, 3.05) is 13.1 Å². The van der Waals surface area contributed by atoms with Crippen LogP contribution >= 0.6 is 11.3 Å². The van der Waals surface area contributed by atoms with E-state index in [2.05, 4.69) is 114 Å². The summed E-state index contributed by atoms with van der Waals surface area (Å²) in [4.78, 5) is 5.50. The van der Waals surface area contributed by atoms with Crippen molar-refractivity contribution in [1.29, 1.82) is 0 Å². The highest BCUT2D eigenvalue weighted by Crippen LogP contribution is 2.37. The fourth-order valence-corrected chi connectivity index (χ4v) is 6.51. The predicted octanol–water partition coefficient (Wildman–Crippen LogP) is 7.95. The Morgan fingerprint density at radius 3 is 2.47 bits per heavy atom. The van der Waals surface area contributed by atoms with Gasteiger partial charge in [0.15, 0.2) is 0 Å². The highest BCUT2D eigenvalue weighted by molar-refractivity contribution is 7.15. The third-order valence-electron chi connectivity index (χ3n) is 7.09. The van der Waals surface area contributed by atoms with Gasteiger partial charge in [-0.2, -0.15) is 0 Å². The van der Waals surface area contributed by atoms with Crippen molar-refractivity contribution in [3.05, 3.63) is 131 Å². The number of thiophene rings is 1. The van der Waals surface area contributed by atoms with Crippen molar-refractivity contribution in [3.8, 4) is 10.4 Å². The van der Waals surface area contributed by atoms with E-state index in [0.29, 0.717) is 5.92 Å². The first-order valence-electron chi connectivity index (χ1n) is 12.2. The molecule has 0 N–H and O–H groups in total. The lowest BCUT2D eigenvalue weighted by molar-refractivity contribution is 0.232. The standard InChI is InChI=1S/C32H29NS/c1-2-9-24(10-3-1)19-20-33-22-26-12-5-6-14-29(26)27(23-33)21-28-17-18-32(34-28)31-16-8-13-25-11-4-7-15-30(25)31/h1-18,27H,19-23H2. The van der Waals surface area contributed by atoms with Crippen LogP contribution in [-0.4, -0.2) is 18.0 Å². The van der Waals surface area contributed by atoms with E-state index in [0.717, 1.165) is 32.5 Å². The predicted molar refractivity (Wildman–Crippen MR) is 146 cm³/mol. The Kier molecular flexibility index (Phi) is 6.01. The highest BCUT2D eigenvalue weighted by atomic mass is 32.1. The van der Waals surface area contributed by atoms with Gasteiger partial charge in [0.05, 0.1) is 0 Å². The minimum Gasteiger partial charge on any atom is -0.298 e. The molecule has 0 spiro atoms. The second-order valence-corrected chi connectivity index (χ2v) is 10.5. The van der Waals surface area contributed by atoms with E-state index in [1.807, 2.05) is 11.3 Å². The largest absolute Gasteiger partial charge is 0.298 e. The monoisotopic (exact) mass is 459 g/mol. The van der Waals surface area contributed by atoms with Gasteiger partial charge in [0.25, 0.3) is 0 Å². The maximum absolute atomic E-state index is 2.65. The van der Waals surface area contributed by atoms with Gasteiger partial charge in [-0.15, -0.1) is 11.3 Å². The molecule has 1 atom stereocenters. The molecule has 6 rings (SSSR count). The average Bonchev–Trinajstić information content (AvgIpc) is 3.36. The van der Waals surface area contributed by atoms with Crippen molar-refractivity contribution in [2.45, 2.75) is 25.3 Å². The van der Waals surface area contributed by atoms with E-state index in [1.54, 1.807) is 5.56 Å². The molecular formula is C32H29NS. The Morgan fingerprint density at radius 1 is 0.735 bits per heavy atom. The molecule has 5 aromatic rings. The summed E-state index contributed by atoms with van der Waals surface area (Å²) in [6.07, 6.45) is 2.22. The first-order chi connectivity index (χ1) is 16.8. The SMILES string of the molecule is c1ccc(CCN2Cc3ccccc3C(Cc3ccc(-c4cccc5ccccc45)s3)C2)cc1. The Bertz CT molecular complexity index is 1400. The maximum Gasteiger partial charge on any atom is 0.0351 e. The van der Waals surface area contributed by atoms with Gasteiger partial charge >= 0.3 is 0 Å². The van der Waals surface area contributed by atoms with Gasteiger partial charge in [-0.05, 0) is 58.0 Å². The second-order valence-electron chi connectivity index (χ2n) is 9.36. The van der Waals surface area contributed by atoms with Gasteiger partial charge in [0, 0.05) is 35.3 Å². The fraction of sp³-hybridized carbons (Fsp3) is 0.188. The van der Waals surface area contributed by atoms with E-state index in [9.17, 15) is 0 Å². The molecular weight excluding hydrogens is 430 g/mol. The third kappa shape index (κ3) is 4.44. The van der Waals surface area contributed by atoms with Gasteiger partial charge < -0.3 is 0 Å². The minimum absolute atomic E-state index is 0.541. The molecule has 4 aromatic carbocycles. The summed E-state index contributed by atoms with van der Waals surface area (Å²) in [5, 5.41) is 2.65. The molecule has 2 heterocycles. The lowest BCUT2D eigenvalue weighted by Crippen LogP contribution is -2.35. The molecule has 0 fully saturated rings. The van der Waals surface area contributed by atoms with Crippen LogP contribution < -0.4 is 0 Å². The zero-order valence-corrected chi connectivity index (χ0v) is 20.2. The number of benzene rings is 4. The first kappa shape index (κ1) is 21.3. The minimum atomic E-state index is 0.541. The normalized spacial score (nSPS) is 15.9. The number of rotatable bonds is 6. The van der Waals surface area contributed by atoms with Crippen molar-refractivity contribution in [1.82, 2.24) is 4.90 Å². The van der Waals surface area contributed by atoms with E-state index < -0.39 is 0 Å². The van der Waals surface area contributed by atoms with Crippen LogP contribution in [0.5, 0.6) is 0 Å². The van der Waals surface area contributed by atoms with Crippen LogP contribution in [0.4, 0.5) is 0 Å². The molecule has 1 nitrogen and oxygen atoms in total. The van der Waals surface area contributed by atoms with Crippen LogP contribution in [-0.2, 0) is 19.4 Å². The number of hydrogen-bond donors (Lipinski definition) is 0. The molecule has 0 bridgehead atoms. The van der Waals surface area contributed by atoms with E-state index in [-0.39, 0.29) is 0 Å². The van der Waals surface area contributed by atoms with Gasteiger partial charge in [-0.25, -0.2) is 0 Å². The molecule has 1 aliphatic rings. The van der Waals surface area contributed by atoms with Crippen LogP contribution in [0.25, 0.3) is 21.2 Å². The summed E-state index contributed by atoms with van der Waals surface area (Å²) < 4.78 is 0. The van der Waals surface area contributed by atoms with Crippen LogP contribution in [0.3, 0.4) is 0 Å². The van der Waals surface area contributed by atoms with Crippen molar-refractivity contribution < 1.29 is 0 Å². The Balaban J connectivity index is 1.23. The molecule has 1 aliphatic heterocycles. The third-order valence-corrected chi connectivity index (χ3v) is 8.23.